The number of fused-ring (bicyclic) bond motifs is 1. The van der Waals surface area contributed by atoms with E-state index in [1.54, 1.807) is 11.9 Å². The number of carbonyl (C=O) groups excluding carboxylic acids is 2. The number of nitrogens with zero attached hydrogens (tertiary/aromatic N) is 1. The maximum absolute atomic E-state index is 12.5. The van der Waals surface area contributed by atoms with Crippen molar-refractivity contribution in [2.75, 3.05) is 30.8 Å². The lowest BCUT2D eigenvalue weighted by atomic mass is 10.1. The van der Waals surface area contributed by atoms with Gasteiger partial charge >= 0.3 is 0 Å². The Morgan fingerprint density at radius 1 is 0.828 bits per heavy atom. The number of hydrogen-bond acceptors (Lipinski definition) is 3. The molecule has 150 valence electrons. The zero-order chi connectivity index (χ0) is 21.0. The lowest BCUT2D eigenvalue weighted by Gasteiger charge is -2.18. The highest BCUT2D eigenvalue weighted by molar-refractivity contribution is 6.03. The van der Waals surface area contributed by atoms with Gasteiger partial charge in [-0.15, -0.1) is 0 Å². The number of rotatable bonds is 6. The van der Waals surface area contributed by atoms with E-state index in [4.69, 9.17) is 0 Å². The number of carbonyl (C=O) groups is 2. The van der Waals surface area contributed by atoms with Gasteiger partial charge in [0.2, 0.25) is 11.8 Å². The molecule has 0 saturated heterocycles. The van der Waals surface area contributed by atoms with Gasteiger partial charge in [0.1, 0.15) is 0 Å². The van der Waals surface area contributed by atoms with Gasteiger partial charge in [-0.1, -0.05) is 54.1 Å². The summed E-state index contributed by atoms with van der Waals surface area (Å²) in [6.07, 6.45) is 0. The third kappa shape index (κ3) is 5.21. The summed E-state index contributed by atoms with van der Waals surface area (Å²) in [5.41, 5.74) is 4.85. The van der Waals surface area contributed by atoms with Crippen LogP contribution < -0.4 is 10.6 Å². The number of amides is 2. The standard InChI is InChI=1S/C24H27N3O2/c1-16-12-17(2)24(18(3)13-16)26-23(29)15-27(4)14-22(28)25-21-11-7-9-19-8-5-6-10-20(19)21/h5-13H,14-15H2,1-4H3,(H,25,28)(H,26,29). The van der Waals surface area contributed by atoms with Gasteiger partial charge in [0.05, 0.1) is 13.1 Å². The highest BCUT2D eigenvalue weighted by Crippen LogP contribution is 2.23. The van der Waals surface area contributed by atoms with Crippen LogP contribution in [-0.4, -0.2) is 36.9 Å². The summed E-state index contributed by atoms with van der Waals surface area (Å²) in [6.45, 7) is 6.26. The molecule has 0 spiro atoms. The third-order valence-corrected chi connectivity index (χ3v) is 4.83. The molecule has 0 unspecified atom stereocenters. The van der Waals surface area contributed by atoms with E-state index >= 15 is 0 Å². The van der Waals surface area contributed by atoms with E-state index in [1.165, 1.54) is 5.56 Å². The number of aryl methyl sites for hydroxylation is 3. The maximum Gasteiger partial charge on any atom is 0.238 e. The van der Waals surface area contributed by atoms with Crippen LogP contribution in [0.3, 0.4) is 0 Å². The average molecular weight is 389 g/mol. The zero-order valence-corrected chi connectivity index (χ0v) is 17.4. The minimum atomic E-state index is -0.153. The van der Waals surface area contributed by atoms with Crippen molar-refractivity contribution in [3.05, 3.63) is 71.3 Å². The maximum atomic E-state index is 12.5. The molecule has 0 heterocycles. The summed E-state index contributed by atoms with van der Waals surface area (Å²) >= 11 is 0. The summed E-state index contributed by atoms with van der Waals surface area (Å²) in [5.74, 6) is -0.292. The Hall–Kier alpha value is -3.18. The van der Waals surface area contributed by atoms with Gasteiger partial charge < -0.3 is 10.6 Å². The molecule has 0 atom stereocenters. The van der Waals surface area contributed by atoms with Gasteiger partial charge in [0.25, 0.3) is 0 Å². The van der Waals surface area contributed by atoms with Crippen molar-refractivity contribution < 1.29 is 9.59 Å². The molecular weight excluding hydrogens is 362 g/mol. The molecule has 0 fully saturated rings. The SMILES string of the molecule is Cc1cc(C)c(NC(=O)CN(C)CC(=O)Nc2cccc3ccccc23)c(C)c1. The number of nitrogens with one attached hydrogen (secondary N) is 2. The second-order valence-electron chi connectivity index (χ2n) is 7.57. The summed E-state index contributed by atoms with van der Waals surface area (Å²) in [7, 11) is 1.76. The van der Waals surface area contributed by atoms with Gasteiger partial charge in [-0.25, -0.2) is 0 Å². The molecule has 29 heavy (non-hydrogen) atoms. The van der Waals surface area contributed by atoms with Crippen LogP contribution in [0.1, 0.15) is 16.7 Å². The van der Waals surface area contributed by atoms with E-state index in [9.17, 15) is 9.59 Å². The molecule has 3 rings (SSSR count). The van der Waals surface area contributed by atoms with Gasteiger partial charge in [-0.05, 0) is 50.4 Å². The van der Waals surface area contributed by atoms with E-state index in [2.05, 4.69) is 10.6 Å². The largest absolute Gasteiger partial charge is 0.324 e. The highest BCUT2D eigenvalue weighted by Gasteiger charge is 2.14. The molecule has 0 bridgehead atoms. The molecule has 3 aromatic rings. The van der Waals surface area contributed by atoms with Crippen LogP contribution in [0.4, 0.5) is 11.4 Å². The van der Waals surface area contributed by atoms with Crippen LogP contribution in [-0.2, 0) is 9.59 Å². The van der Waals surface area contributed by atoms with Crippen LogP contribution in [0.5, 0.6) is 0 Å². The van der Waals surface area contributed by atoms with E-state index in [-0.39, 0.29) is 24.9 Å². The molecule has 0 saturated carbocycles. The Labute approximate surface area is 171 Å². The Morgan fingerprint density at radius 2 is 1.41 bits per heavy atom. The number of anilines is 2. The Morgan fingerprint density at radius 3 is 2.10 bits per heavy atom. The average Bonchev–Trinajstić information content (AvgIpc) is 2.64. The van der Waals surface area contributed by atoms with Crippen molar-refractivity contribution in [1.29, 1.82) is 0 Å². The zero-order valence-electron chi connectivity index (χ0n) is 17.4. The summed E-state index contributed by atoms with van der Waals surface area (Å²) < 4.78 is 0. The van der Waals surface area contributed by atoms with Crippen molar-refractivity contribution >= 4 is 34.0 Å². The summed E-state index contributed by atoms with van der Waals surface area (Å²) in [4.78, 5) is 26.6. The molecule has 0 aliphatic heterocycles. The molecule has 2 N–H and O–H groups in total. The first kappa shape index (κ1) is 20.6. The monoisotopic (exact) mass is 389 g/mol. The Balaban J connectivity index is 1.58. The molecular formula is C24H27N3O2. The second kappa shape index (κ2) is 8.88. The van der Waals surface area contributed by atoms with Crippen LogP contribution in [0.25, 0.3) is 10.8 Å². The molecule has 5 nitrogen and oxygen atoms in total. The number of likely N-dealkylation sites (N-methyl/N-ethyl adjacent to an activating group) is 1. The predicted octanol–water partition coefficient (Wildman–Crippen LogP) is 4.27. The molecule has 3 aromatic carbocycles. The highest BCUT2D eigenvalue weighted by atomic mass is 16.2. The minimum Gasteiger partial charge on any atom is -0.324 e. The molecule has 0 aromatic heterocycles. The first-order valence-corrected chi connectivity index (χ1v) is 9.67. The summed E-state index contributed by atoms with van der Waals surface area (Å²) in [5, 5.41) is 7.99. The van der Waals surface area contributed by atoms with Gasteiger partial charge in [0, 0.05) is 16.8 Å². The van der Waals surface area contributed by atoms with Crippen molar-refractivity contribution in [2.24, 2.45) is 0 Å². The van der Waals surface area contributed by atoms with E-state index in [1.807, 2.05) is 75.4 Å². The fourth-order valence-electron chi connectivity index (χ4n) is 3.63. The van der Waals surface area contributed by atoms with Gasteiger partial charge in [0.15, 0.2) is 0 Å². The van der Waals surface area contributed by atoms with Crippen molar-refractivity contribution in [3.8, 4) is 0 Å². The molecule has 0 aliphatic rings. The van der Waals surface area contributed by atoms with Crippen molar-refractivity contribution in [1.82, 2.24) is 4.90 Å². The lowest BCUT2D eigenvalue weighted by Crippen LogP contribution is -2.36. The second-order valence-corrected chi connectivity index (χ2v) is 7.57. The van der Waals surface area contributed by atoms with Crippen molar-refractivity contribution in [2.45, 2.75) is 20.8 Å². The fraction of sp³-hybridized carbons (Fsp3) is 0.250. The minimum absolute atomic E-state index is 0.127. The summed E-state index contributed by atoms with van der Waals surface area (Å²) in [6, 6.07) is 17.8. The normalized spacial score (nSPS) is 10.9. The topological polar surface area (TPSA) is 61.4 Å². The van der Waals surface area contributed by atoms with E-state index < -0.39 is 0 Å². The van der Waals surface area contributed by atoms with Gasteiger partial charge in [-0.2, -0.15) is 0 Å². The molecule has 0 aliphatic carbocycles. The van der Waals surface area contributed by atoms with Gasteiger partial charge in [-0.3, -0.25) is 14.5 Å². The van der Waals surface area contributed by atoms with Crippen LogP contribution in [0, 0.1) is 20.8 Å². The lowest BCUT2D eigenvalue weighted by molar-refractivity contribution is -0.119. The van der Waals surface area contributed by atoms with Crippen LogP contribution in [0.15, 0.2) is 54.6 Å². The predicted molar refractivity (Wildman–Crippen MR) is 119 cm³/mol. The molecule has 0 radical (unpaired) electrons. The number of benzene rings is 3. The van der Waals surface area contributed by atoms with E-state index in [0.29, 0.717) is 0 Å². The van der Waals surface area contributed by atoms with Crippen LogP contribution >= 0.6 is 0 Å². The van der Waals surface area contributed by atoms with Crippen LogP contribution in [0.2, 0.25) is 0 Å². The molecule has 2 amide bonds. The number of hydrogen-bond donors (Lipinski definition) is 2. The Bertz CT molecular complexity index is 1030. The first-order chi connectivity index (χ1) is 13.8. The Kier molecular flexibility index (Phi) is 6.29. The smallest absolute Gasteiger partial charge is 0.238 e. The molecule has 5 heteroatoms. The fourth-order valence-corrected chi connectivity index (χ4v) is 3.63. The third-order valence-electron chi connectivity index (χ3n) is 4.83. The quantitative estimate of drug-likeness (QED) is 0.662. The van der Waals surface area contributed by atoms with E-state index in [0.717, 1.165) is 33.3 Å². The van der Waals surface area contributed by atoms with Crippen molar-refractivity contribution in [3.63, 3.8) is 0 Å². The first-order valence-electron chi connectivity index (χ1n) is 9.67.